The van der Waals surface area contributed by atoms with Crippen LogP contribution in [0.25, 0.3) is 0 Å². The van der Waals surface area contributed by atoms with Crippen LogP contribution in [0.4, 0.5) is 0 Å². The van der Waals surface area contributed by atoms with Gasteiger partial charge in [-0.15, -0.1) is 0 Å². The third-order valence-electron chi connectivity index (χ3n) is 2.60. The molecule has 0 aliphatic rings. The third kappa shape index (κ3) is 2.86. The Morgan fingerprint density at radius 3 is 2.76 bits per heavy atom. The predicted octanol–water partition coefficient (Wildman–Crippen LogP) is 3.62. The van der Waals surface area contributed by atoms with Gasteiger partial charge in [-0.3, -0.25) is 0 Å². The monoisotopic (exact) mass is 311 g/mol. The van der Waals surface area contributed by atoms with Crippen LogP contribution in [-0.4, -0.2) is 16.7 Å². The highest BCUT2D eigenvalue weighted by Gasteiger charge is 2.16. The van der Waals surface area contributed by atoms with Gasteiger partial charge in [0.05, 0.1) is 6.61 Å². The molecule has 4 heteroatoms. The van der Waals surface area contributed by atoms with E-state index in [9.17, 15) is 5.11 Å². The number of aromatic nitrogens is 1. The summed E-state index contributed by atoms with van der Waals surface area (Å²) >= 11 is 9.36. The van der Waals surface area contributed by atoms with Crippen molar-refractivity contribution in [3.05, 3.63) is 63.3 Å². The Morgan fingerprint density at radius 2 is 2.12 bits per heavy atom. The lowest BCUT2D eigenvalue weighted by atomic mass is 9.93. The second-order valence-corrected chi connectivity index (χ2v) is 4.86. The van der Waals surface area contributed by atoms with E-state index in [0.29, 0.717) is 5.02 Å². The summed E-state index contributed by atoms with van der Waals surface area (Å²) in [5, 5.41) is 10.2. The molecule has 0 saturated heterocycles. The number of aliphatic hydroxyl groups is 1. The molecule has 1 atom stereocenters. The fourth-order valence-corrected chi connectivity index (χ4v) is 2.49. The number of hydrogen-bond donors (Lipinski definition) is 1. The van der Waals surface area contributed by atoms with Crippen molar-refractivity contribution < 1.29 is 5.11 Å². The van der Waals surface area contributed by atoms with E-state index in [0.717, 1.165) is 15.7 Å². The van der Waals surface area contributed by atoms with Gasteiger partial charge >= 0.3 is 0 Å². The van der Waals surface area contributed by atoms with Crippen molar-refractivity contribution in [3.8, 4) is 0 Å². The van der Waals surface area contributed by atoms with Gasteiger partial charge in [0.15, 0.2) is 0 Å². The van der Waals surface area contributed by atoms with Crippen molar-refractivity contribution in [3.63, 3.8) is 0 Å². The number of hydrogen-bond acceptors (Lipinski definition) is 2. The van der Waals surface area contributed by atoms with Gasteiger partial charge in [0.25, 0.3) is 0 Å². The quantitative estimate of drug-likeness (QED) is 0.878. The van der Waals surface area contributed by atoms with Gasteiger partial charge in [-0.25, -0.2) is 4.98 Å². The Kier molecular flexibility index (Phi) is 4.15. The summed E-state index contributed by atoms with van der Waals surface area (Å²) in [6, 6.07) is 11.3. The average Bonchev–Trinajstić information content (AvgIpc) is 2.33. The molecule has 0 fully saturated rings. The summed E-state index contributed by atoms with van der Waals surface area (Å²) < 4.78 is 0.749. The highest BCUT2D eigenvalue weighted by molar-refractivity contribution is 9.10. The van der Waals surface area contributed by atoms with Crippen LogP contribution in [0.15, 0.2) is 47.2 Å². The molecular weight excluding hydrogens is 302 g/mol. The molecule has 1 unspecified atom stereocenters. The average molecular weight is 313 g/mol. The topological polar surface area (TPSA) is 33.1 Å². The zero-order valence-electron chi connectivity index (χ0n) is 8.98. The van der Waals surface area contributed by atoms with Crippen LogP contribution < -0.4 is 0 Å². The molecule has 0 aliphatic carbocycles. The molecule has 17 heavy (non-hydrogen) atoms. The lowest BCUT2D eigenvalue weighted by Crippen LogP contribution is -2.07. The Hall–Kier alpha value is -0.900. The molecule has 2 rings (SSSR count). The molecule has 0 spiro atoms. The molecule has 2 nitrogen and oxygen atoms in total. The van der Waals surface area contributed by atoms with E-state index < -0.39 is 0 Å². The maximum absolute atomic E-state index is 9.56. The van der Waals surface area contributed by atoms with E-state index in [1.165, 1.54) is 0 Å². The minimum absolute atomic E-state index is 0.0185. The van der Waals surface area contributed by atoms with Gasteiger partial charge in [-0.1, -0.05) is 29.8 Å². The SMILES string of the molecule is OCC(c1cccc(Cl)c1)c1cccnc1Br. The second kappa shape index (κ2) is 5.63. The first kappa shape index (κ1) is 12.6. The predicted molar refractivity (Wildman–Crippen MR) is 72.3 cm³/mol. The maximum Gasteiger partial charge on any atom is 0.109 e. The number of halogens is 2. The van der Waals surface area contributed by atoms with Crippen molar-refractivity contribution >= 4 is 27.5 Å². The summed E-state index contributed by atoms with van der Waals surface area (Å²) in [4.78, 5) is 4.17. The molecule has 0 aliphatic heterocycles. The molecule has 2 aromatic rings. The molecule has 1 aromatic heterocycles. The van der Waals surface area contributed by atoms with Crippen molar-refractivity contribution in [2.24, 2.45) is 0 Å². The molecule has 1 N–H and O–H groups in total. The zero-order valence-corrected chi connectivity index (χ0v) is 11.3. The van der Waals surface area contributed by atoms with Crippen LogP contribution in [0.3, 0.4) is 0 Å². The molecule has 0 bridgehead atoms. The van der Waals surface area contributed by atoms with Gasteiger partial charge in [0.2, 0.25) is 0 Å². The molecule has 1 heterocycles. The summed E-state index contributed by atoms with van der Waals surface area (Å²) in [6.07, 6.45) is 1.71. The lowest BCUT2D eigenvalue weighted by molar-refractivity contribution is 0.280. The summed E-state index contributed by atoms with van der Waals surface area (Å²) in [5.41, 5.74) is 1.94. The van der Waals surface area contributed by atoms with Crippen molar-refractivity contribution in [1.29, 1.82) is 0 Å². The largest absolute Gasteiger partial charge is 0.395 e. The van der Waals surface area contributed by atoms with E-state index >= 15 is 0 Å². The Labute approximate surface area is 113 Å². The molecule has 88 valence electrons. The van der Waals surface area contributed by atoms with Crippen LogP contribution in [0.1, 0.15) is 17.0 Å². The first-order valence-electron chi connectivity index (χ1n) is 5.19. The van der Waals surface area contributed by atoms with Gasteiger partial charge < -0.3 is 5.11 Å². The molecule has 0 saturated carbocycles. The van der Waals surface area contributed by atoms with Crippen molar-refractivity contribution in [2.75, 3.05) is 6.61 Å². The minimum atomic E-state index is -0.114. The number of pyridine rings is 1. The highest BCUT2D eigenvalue weighted by atomic mass is 79.9. The normalized spacial score (nSPS) is 12.4. The van der Waals surface area contributed by atoms with Gasteiger partial charge in [-0.2, -0.15) is 0 Å². The molecular formula is C13H11BrClNO. The smallest absolute Gasteiger partial charge is 0.109 e. The second-order valence-electron chi connectivity index (χ2n) is 3.67. The molecule has 0 amide bonds. The summed E-state index contributed by atoms with van der Waals surface area (Å²) in [5.74, 6) is -0.114. The number of nitrogens with zero attached hydrogens (tertiary/aromatic N) is 1. The minimum Gasteiger partial charge on any atom is -0.395 e. The van der Waals surface area contributed by atoms with Gasteiger partial charge in [0.1, 0.15) is 4.60 Å². The van der Waals surface area contributed by atoms with Crippen LogP contribution in [-0.2, 0) is 0 Å². The van der Waals surface area contributed by atoms with Crippen molar-refractivity contribution in [1.82, 2.24) is 4.98 Å². The summed E-state index contributed by atoms with van der Waals surface area (Å²) in [6.45, 7) is 0.0185. The fourth-order valence-electron chi connectivity index (χ4n) is 1.77. The standard InChI is InChI=1S/C13H11BrClNO/c14-13-11(5-2-6-16-13)12(8-17)9-3-1-4-10(15)7-9/h1-7,12,17H,8H2. The molecule has 1 aromatic carbocycles. The Morgan fingerprint density at radius 1 is 1.29 bits per heavy atom. The van der Waals surface area contributed by atoms with E-state index in [1.807, 2.05) is 36.4 Å². The number of benzene rings is 1. The third-order valence-corrected chi connectivity index (χ3v) is 3.49. The summed E-state index contributed by atoms with van der Waals surface area (Å²) in [7, 11) is 0. The number of aliphatic hydroxyl groups excluding tert-OH is 1. The fraction of sp³-hybridized carbons (Fsp3) is 0.154. The maximum atomic E-state index is 9.56. The Bertz CT molecular complexity index is 518. The first-order valence-corrected chi connectivity index (χ1v) is 6.36. The van der Waals surface area contributed by atoms with E-state index in [2.05, 4.69) is 20.9 Å². The number of rotatable bonds is 3. The van der Waals surface area contributed by atoms with Crippen molar-refractivity contribution in [2.45, 2.75) is 5.92 Å². The van der Waals surface area contributed by atoms with Crippen LogP contribution in [0.5, 0.6) is 0 Å². The van der Waals surface area contributed by atoms with Crippen LogP contribution in [0.2, 0.25) is 5.02 Å². The van der Waals surface area contributed by atoms with E-state index in [1.54, 1.807) is 6.20 Å². The zero-order chi connectivity index (χ0) is 12.3. The van der Waals surface area contributed by atoms with Crippen LogP contribution >= 0.6 is 27.5 Å². The van der Waals surface area contributed by atoms with Crippen LogP contribution in [0, 0.1) is 0 Å². The Balaban J connectivity index is 2.44. The molecule has 0 radical (unpaired) electrons. The van der Waals surface area contributed by atoms with Gasteiger partial charge in [-0.05, 0) is 45.3 Å². The van der Waals surface area contributed by atoms with E-state index in [4.69, 9.17) is 11.6 Å². The van der Waals surface area contributed by atoms with Gasteiger partial charge in [0, 0.05) is 17.1 Å². The van der Waals surface area contributed by atoms with E-state index in [-0.39, 0.29) is 12.5 Å². The highest BCUT2D eigenvalue weighted by Crippen LogP contribution is 2.29. The lowest BCUT2D eigenvalue weighted by Gasteiger charge is -2.16. The first-order chi connectivity index (χ1) is 8.22.